The highest BCUT2D eigenvalue weighted by Gasteiger charge is 2.53. The summed E-state index contributed by atoms with van der Waals surface area (Å²) in [6, 6.07) is 10.7. The zero-order valence-corrected chi connectivity index (χ0v) is 19.0. The molecule has 0 spiro atoms. The van der Waals surface area contributed by atoms with E-state index in [1.807, 2.05) is 0 Å². The molecule has 2 aromatic rings. The van der Waals surface area contributed by atoms with E-state index in [-0.39, 0.29) is 49.6 Å². The maximum absolute atomic E-state index is 13.2. The number of ketones is 1. The molecule has 1 heterocycles. The summed E-state index contributed by atoms with van der Waals surface area (Å²) in [6.07, 6.45) is 7.59. The maximum Gasteiger partial charge on any atom is 0.251 e. The third-order valence-electron chi connectivity index (χ3n) is 8.55. The summed E-state index contributed by atoms with van der Waals surface area (Å²) >= 11 is 0. The van der Waals surface area contributed by atoms with Gasteiger partial charge in [-0.05, 0) is 98.9 Å². The van der Waals surface area contributed by atoms with Crippen molar-refractivity contribution in [2.24, 2.45) is 23.2 Å². The van der Waals surface area contributed by atoms with Gasteiger partial charge in [0.1, 0.15) is 0 Å². The summed E-state index contributed by atoms with van der Waals surface area (Å²) in [6.45, 7) is 2.11. The third-order valence-corrected chi connectivity index (χ3v) is 10.4. The van der Waals surface area contributed by atoms with Gasteiger partial charge >= 0.3 is 0 Å². The molecule has 1 unspecified atom stereocenters. The van der Waals surface area contributed by atoms with Crippen LogP contribution < -0.4 is 5.32 Å². The quantitative estimate of drug-likeness (QED) is 0.643. The molecule has 7 rings (SSSR count). The first-order valence-electron chi connectivity index (χ1n) is 11.6. The fourth-order valence-corrected chi connectivity index (χ4v) is 9.04. The summed E-state index contributed by atoms with van der Waals surface area (Å²) in [5.74, 6) is 1.79. The second kappa shape index (κ2) is 6.77. The van der Waals surface area contributed by atoms with Gasteiger partial charge in [0.2, 0.25) is 9.84 Å². The van der Waals surface area contributed by atoms with E-state index in [0.717, 1.165) is 17.8 Å². The molecule has 5 nitrogen and oxygen atoms in total. The Morgan fingerprint density at radius 1 is 0.938 bits per heavy atom. The molecule has 1 N–H and O–H groups in total. The highest BCUT2D eigenvalue weighted by atomic mass is 32.2. The van der Waals surface area contributed by atoms with Crippen LogP contribution in [0.3, 0.4) is 0 Å². The summed E-state index contributed by atoms with van der Waals surface area (Å²) in [7, 11) is -3.86. The van der Waals surface area contributed by atoms with Gasteiger partial charge in [-0.2, -0.15) is 0 Å². The Morgan fingerprint density at radius 3 is 2.19 bits per heavy atom. The van der Waals surface area contributed by atoms with Crippen LogP contribution in [0, 0.1) is 23.2 Å². The van der Waals surface area contributed by atoms with Gasteiger partial charge in [0, 0.05) is 22.7 Å². The van der Waals surface area contributed by atoms with Crippen molar-refractivity contribution in [3.05, 3.63) is 59.2 Å². The van der Waals surface area contributed by atoms with E-state index in [4.69, 9.17) is 0 Å². The van der Waals surface area contributed by atoms with Crippen LogP contribution in [0.5, 0.6) is 0 Å². The molecule has 0 radical (unpaired) electrons. The molecule has 0 saturated heterocycles. The van der Waals surface area contributed by atoms with Crippen LogP contribution in [-0.4, -0.2) is 26.2 Å². The molecule has 4 fully saturated rings. The minimum absolute atomic E-state index is 0.0111. The number of nitrogens with one attached hydrogen (secondary N) is 1. The molecule has 1 amide bonds. The summed E-state index contributed by atoms with van der Waals surface area (Å²) in [5, 5.41) is 3.20. The molecule has 5 aliphatic rings. The van der Waals surface area contributed by atoms with Crippen molar-refractivity contribution in [1.29, 1.82) is 0 Å². The Hall–Kier alpha value is -2.47. The van der Waals surface area contributed by atoms with E-state index in [0.29, 0.717) is 0 Å². The number of benzene rings is 2. The first kappa shape index (κ1) is 20.2. The molecule has 1 atom stereocenters. The number of hydrogen-bond donors (Lipinski definition) is 1. The van der Waals surface area contributed by atoms with Crippen LogP contribution in [-0.2, 0) is 9.84 Å². The van der Waals surface area contributed by atoms with Gasteiger partial charge in [-0.1, -0.05) is 12.1 Å². The fourth-order valence-electron chi connectivity index (χ4n) is 7.37. The van der Waals surface area contributed by atoms with Gasteiger partial charge < -0.3 is 5.32 Å². The van der Waals surface area contributed by atoms with Crippen LogP contribution in [0.4, 0.5) is 0 Å². The van der Waals surface area contributed by atoms with Gasteiger partial charge in [-0.25, -0.2) is 8.42 Å². The molecule has 4 saturated carbocycles. The molecule has 6 heteroatoms. The molecule has 2 aromatic carbocycles. The van der Waals surface area contributed by atoms with Crippen LogP contribution in [0.15, 0.2) is 52.3 Å². The Kier molecular flexibility index (Phi) is 4.26. The van der Waals surface area contributed by atoms with Crippen LogP contribution in [0.25, 0.3) is 0 Å². The van der Waals surface area contributed by atoms with Crippen molar-refractivity contribution in [2.45, 2.75) is 61.3 Å². The second-order valence-electron chi connectivity index (χ2n) is 10.5. The lowest BCUT2D eigenvalue weighted by Crippen LogP contribution is -2.55. The first-order valence-corrected chi connectivity index (χ1v) is 13.1. The van der Waals surface area contributed by atoms with Gasteiger partial charge in [0.05, 0.1) is 9.79 Å². The van der Waals surface area contributed by atoms with Crippen LogP contribution in [0.1, 0.15) is 71.7 Å². The molecule has 1 aliphatic heterocycles. The molecular formula is C26H27NO4S. The van der Waals surface area contributed by atoms with Crippen molar-refractivity contribution in [3.8, 4) is 0 Å². The maximum atomic E-state index is 13.2. The van der Waals surface area contributed by atoms with Gasteiger partial charge in [-0.3, -0.25) is 9.59 Å². The topological polar surface area (TPSA) is 80.3 Å². The summed E-state index contributed by atoms with van der Waals surface area (Å²) in [5.41, 5.74) is 0.776. The minimum atomic E-state index is -3.86. The van der Waals surface area contributed by atoms with Gasteiger partial charge in [0.15, 0.2) is 5.78 Å². The number of rotatable bonds is 3. The average Bonchev–Trinajstić information content (AvgIpc) is 2.76. The van der Waals surface area contributed by atoms with Crippen LogP contribution in [0.2, 0.25) is 0 Å². The van der Waals surface area contributed by atoms with Crippen molar-refractivity contribution >= 4 is 21.5 Å². The summed E-state index contributed by atoms with van der Waals surface area (Å²) in [4.78, 5) is 26.0. The molecular weight excluding hydrogens is 422 g/mol. The monoisotopic (exact) mass is 449 g/mol. The number of sulfone groups is 1. The predicted octanol–water partition coefficient (Wildman–Crippen LogP) is 4.40. The standard InChI is InChI=1S/C26H27NO4S/c1-15(26-12-16-8-17(13-26)10-18(9-16)14-26)27-25(29)19-6-7-21-23(11-19)32(30,31)22-5-3-2-4-20(22)24(21)28/h2-7,11,15-18H,8-10,12-14H2,1H3,(H,27,29). The zero-order valence-electron chi connectivity index (χ0n) is 18.1. The number of fused-ring (bicyclic) bond motifs is 2. The third kappa shape index (κ3) is 2.84. The van der Waals surface area contributed by atoms with Crippen LogP contribution >= 0.6 is 0 Å². The fraction of sp³-hybridized carbons (Fsp3) is 0.462. The van der Waals surface area contributed by atoms with Gasteiger partial charge in [0.25, 0.3) is 5.91 Å². The van der Waals surface area contributed by atoms with Crippen molar-refractivity contribution in [2.75, 3.05) is 0 Å². The lowest BCUT2D eigenvalue weighted by Gasteiger charge is -2.59. The Morgan fingerprint density at radius 2 is 1.53 bits per heavy atom. The first-order chi connectivity index (χ1) is 15.3. The van der Waals surface area contributed by atoms with Crippen molar-refractivity contribution in [3.63, 3.8) is 0 Å². The molecule has 0 aromatic heterocycles. The number of hydrogen-bond acceptors (Lipinski definition) is 4. The highest BCUT2D eigenvalue weighted by molar-refractivity contribution is 7.91. The minimum Gasteiger partial charge on any atom is -0.349 e. The Bertz CT molecular complexity index is 1230. The van der Waals surface area contributed by atoms with E-state index in [1.54, 1.807) is 18.2 Å². The van der Waals surface area contributed by atoms with Gasteiger partial charge in [-0.15, -0.1) is 0 Å². The smallest absolute Gasteiger partial charge is 0.251 e. The normalized spacial score (nSPS) is 32.2. The summed E-state index contributed by atoms with van der Waals surface area (Å²) < 4.78 is 26.4. The number of carbonyl (C=O) groups is 2. The largest absolute Gasteiger partial charge is 0.349 e. The van der Waals surface area contributed by atoms with E-state index in [9.17, 15) is 18.0 Å². The van der Waals surface area contributed by atoms with Crippen molar-refractivity contribution in [1.82, 2.24) is 5.32 Å². The predicted molar refractivity (Wildman–Crippen MR) is 119 cm³/mol. The molecule has 32 heavy (non-hydrogen) atoms. The van der Waals surface area contributed by atoms with E-state index >= 15 is 0 Å². The Balaban J connectivity index is 1.29. The lowest BCUT2D eigenvalue weighted by atomic mass is 9.48. The molecule has 166 valence electrons. The van der Waals surface area contributed by atoms with E-state index < -0.39 is 9.84 Å². The Labute approximate surface area is 188 Å². The van der Waals surface area contributed by atoms with Crippen molar-refractivity contribution < 1.29 is 18.0 Å². The lowest BCUT2D eigenvalue weighted by molar-refractivity contribution is -0.0688. The number of amides is 1. The highest BCUT2D eigenvalue weighted by Crippen LogP contribution is 2.61. The molecule has 4 bridgehead atoms. The number of carbonyl (C=O) groups excluding carboxylic acids is 2. The average molecular weight is 450 g/mol. The second-order valence-corrected chi connectivity index (χ2v) is 12.4. The zero-order chi connectivity index (χ0) is 22.3. The molecule has 4 aliphatic carbocycles. The van der Waals surface area contributed by atoms with E-state index in [1.165, 1.54) is 62.8 Å². The SMILES string of the molecule is CC(NC(=O)c1ccc2c(c1)S(=O)(=O)c1ccccc1C2=O)C12CC3CC(CC(C3)C1)C2. The van der Waals surface area contributed by atoms with E-state index in [2.05, 4.69) is 12.2 Å².